The van der Waals surface area contributed by atoms with Crippen molar-refractivity contribution in [2.45, 2.75) is 20.0 Å². The van der Waals surface area contributed by atoms with Gasteiger partial charge in [0, 0.05) is 17.8 Å². The molecule has 0 atom stereocenters. The van der Waals surface area contributed by atoms with E-state index in [1.807, 2.05) is 38.1 Å². The number of nitrogens with one attached hydrogen (secondary N) is 1. The predicted octanol–water partition coefficient (Wildman–Crippen LogP) is 4.20. The maximum absolute atomic E-state index is 8.95. The van der Waals surface area contributed by atoms with Gasteiger partial charge in [0.05, 0.1) is 24.3 Å². The molecular weight excluding hydrogens is 302 g/mol. The number of ether oxygens (including phenoxy) is 1. The lowest BCUT2D eigenvalue weighted by molar-refractivity contribution is 0.0870. The molecule has 0 bridgehead atoms. The third kappa shape index (κ3) is 3.73. The van der Waals surface area contributed by atoms with Gasteiger partial charge in [0.1, 0.15) is 5.52 Å². The Morgan fingerprint density at radius 1 is 1.21 bits per heavy atom. The molecule has 0 saturated heterocycles. The summed E-state index contributed by atoms with van der Waals surface area (Å²) in [6, 6.07) is 15.2. The molecule has 0 saturated carbocycles. The first-order valence-corrected chi connectivity index (χ1v) is 7.92. The minimum atomic E-state index is 0.245. The Morgan fingerprint density at radius 2 is 2.00 bits per heavy atom. The third-order valence-electron chi connectivity index (χ3n) is 3.53. The van der Waals surface area contributed by atoms with Crippen LogP contribution in [0.15, 0.2) is 46.9 Å². The van der Waals surface area contributed by atoms with E-state index in [2.05, 4.69) is 16.4 Å². The van der Waals surface area contributed by atoms with E-state index < -0.39 is 0 Å². The van der Waals surface area contributed by atoms with Gasteiger partial charge in [0.15, 0.2) is 5.58 Å². The number of nitrogens with zero attached hydrogens (tertiary/aromatic N) is 2. The number of fused-ring (bicyclic) bond motifs is 1. The highest BCUT2D eigenvalue weighted by atomic mass is 16.5. The van der Waals surface area contributed by atoms with Gasteiger partial charge in [-0.25, -0.2) is 4.98 Å². The largest absolute Gasteiger partial charge is 0.436 e. The summed E-state index contributed by atoms with van der Waals surface area (Å²) in [5, 5.41) is 12.3. The molecule has 0 aliphatic carbocycles. The van der Waals surface area contributed by atoms with Crippen molar-refractivity contribution in [2.75, 3.05) is 18.5 Å². The van der Waals surface area contributed by atoms with Crippen LogP contribution in [0.4, 0.5) is 5.69 Å². The molecular formula is C19H19N3O2. The molecule has 2 aromatic carbocycles. The molecule has 3 rings (SSSR count). The summed E-state index contributed by atoms with van der Waals surface area (Å²) in [7, 11) is 0. The van der Waals surface area contributed by atoms with Crippen molar-refractivity contribution < 1.29 is 9.15 Å². The second-order valence-electron chi connectivity index (χ2n) is 5.74. The zero-order valence-corrected chi connectivity index (χ0v) is 13.7. The molecule has 0 amide bonds. The number of anilines is 1. The van der Waals surface area contributed by atoms with Gasteiger partial charge in [-0.2, -0.15) is 5.26 Å². The standard InChI is InChI=1S/C19H19N3O2/c1-13(2)23-10-9-21-16-6-4-15(5-7-16)19-22-17-11-14(12-20)3-8-18(17)24-19/h3-8,11,13,21H,9-10H2,1-2H3. The summed E-state index contributed by atoms with van der Waals surface area (Å²) < 4.78 is 11.3. The van der Waals surface area contributed by atoms with E-state index in [1.165, 1.54) is 0 Å². The molecule has 0 fully saturated rings. The van der Waals surface area contributed by atoms with Crippen molar-refractivity contribution in [3.05, 3.63) is 48.0 Å². The summed E-state index contributed by atoms with van der Waals surface area (Å²) in [6.45, 7) is 5.48. The first-order valence-electron chi connectivity index (χ1n) is 7.92. The molecule has 5 heteroatoms. The van der Waals surface area contributed by atoms with Crippen LogP contribution < -0.4 is 5.32 Å². The summed E-state index contributed by atoms with van der Waals surface area (Å²) in [5.74, 6) is 0.551. The smallest absolute Gasteiger partial charge is 0.227 e. The maximum atomic E-state index is 8.95. The van der Waals surface area contributed by atoms with Crippen LogP contribution in [0.5, 0.6) is 0 Å². The predicted molar refractivity (Wildman–Crippen MR) is 93.7 cm³/mol. The molecule has 1 N–H and O–H groups in total. The van der Waals surface area contributed by atoms with Crippen LogP contribution in [-0.4, -0.2) is 24.2 Å². The fraction of sp³-hybridized carbons (Fsp3) is 0.263. The molecule has 5 nitrogen and oxygen atoms in total. The van der Waals surface area contributed by atoms with Gasteiger partial charge in [0.25, 0.3) is 0 Å². The van der Waals surface area contributed by atoms with Crippen molar-refractivity contribution >= 4 is 16.8 Å². The number of benzene rings is 2. The molecule has 0 aliphatic heterocycles. The molecule has 1 heterocycles. The van der Waals surface area contributed by atoms with Crippen molar-refractivity contribution in [3.63, 3.8) is 0 Å². The normalized spacial score (nSPS) is 10.9. The van der Waals surface area contributed by atoms with Gasteiger partial charge in [-0.05, 0) is 56.3 Å². The second kappa shape index (κ2) is 7.16. The number of rotatable bonds is 6. The van der Waals surface area contributed by atoms with Gasteiger partial charge in [0.2, 0.25) is 5.89 Å². The van der Waals surface area contributed by atoms with E-state index in [-0.39, 0.29) is 6.10 Å². The molecule has 0 radical (unpaired) electrons. The van der Waals surface area contributed by atoms with Crippen LogP contribution in [0.1, 0.15) is 19.4 Å². The zero-order valence-electron chi connectivity index (χ0n) is 13.7. The Balaban J connectivity index is 1.70. The lowest BCUT2D eigenvalue weighted by atomic mass is 10.2. The SMILES string of the molecule is CC(C)OCCNc1ccc(-c2nc3cc(C#N)ccc3o2)cc1. The molecule has 0 spiro atoms. The highest BCUT2D eigenvalue weighted by Crippen LogP contribution is 2.25. The third-order valence-corrected chi connectivity index (χ3v) is 3.53. The molecule has 24 heavy (non-hydrogen) atoms. The number of aromatic nitrogens is 1. The molecule has 1 aromatic heterocycles. The number of hydrogen-bond acceptors (Lipinski definition) is 5. The summed E-state index contributed by atoms with van der Waals surface area (Å²) in [6.07, 6.45) is 0.245. The van der Waals surface area contributed by atoms with E-state index in [0.717, 1.165) is 17.8 Å². The fourth-order valence-corrected chi connectivity index (χ4v) is 2.34. The van der Waals surface area contributed by atoms with Crippen LogP contribution in [0.25, 0.3) is 22.6 Å². The quantitative estimate of drug-likeness (QED) is 0.689. The Morgan fingerprint density at radius 3 is 2.71 bits per heavy atom. The monoisotopic (exact) mass is 321 g/mol. The minimum absolute atomic E-state index is 0.245. The first kappa shape index (κ1) is 16.0. The lowest BCUT2D eigenvalue weighted by Gasteiger charge is -2.09. The number of nitriles is 1. The topological polar surface area (TPSA) is 71.1 Å². The van der Waals surface area contributed by atoms with Crippen LogP contribution in [0.3, 0.4) is 0 Å². The molecule has 3 aromatic rings. The highest BCUT2D eigenvalue weighted by Gasteiger charge is 2.08. The van der Waals surface area contributed by atoms with E-state index in [1.54, 1.807) is 18.2 Å². The fourth-order valence-electron chi connectivity index (χ4n) is 2.34. The number of oxazole rings is 1. The number of hydrogen-bond donors (Lipinski definition) is 1. The Kier molecular flexibility index (Phi) is 4.78. The van der Waals surface area contributed by atoms with E-state index >= 15 is 0 Å². The van der Waals surface area contributed by atoms with E-state index in [9.17, 15) is 0 Å². The Bertz CT molecular complexity index is 860. The summed E-state index contributed by atoms with van der Waals surface area (Å²) >= 11 is 0. The first-order chi connectivity index (χ1) is 11.7. The van der Waals surface area contributed by atoms with Crippen molar-refractivity contribution in [1.82, 2.24) is 4.98 Å². The second-order valence-corrected chi connectivity index (χ2v) is 5.74. The van der Waals surface area contributed by atoms with Gasteiger partial charge < -0.3 is 14.5 Å². The van der Waals surface area contributed by atoms with Gasteiger partial charge >= 0.3 is 0 Å². The van der Waals surface area contributed by atoms with Crippen molar-refractivity contribution in [1.29, 1.82) is 5.26 Å². The molecule has 0 unspecified atom stereocenters. The average molecular weight is 321 g/mol. The van der Waals surface area contributed by atoms with Crippen molar-refractivity contribution in [3.8, 4) is 17.5 Å². The van der Waals surface area contributed by atoms with Gasteiger partial charge in [-0.3, -0.25) is 0 Å². The lowest BCUT2D eigenvalue weighted by Crippen LogP contribution is -2.13. The van der Waals surface area contributed by atoms with Crippen LogP contribution in [0.2, 0.25) is 0 Å². The highest BCUT2D eigenvalue weighted by molar-refractivity contribution is 5.77. The van der Waals surface area contributed by atoms with Gasteiger partial charge in [-0.1, -0.05) is 0 Å². The van der Waals surface area contributed by atoms with Crippen LogP contribution in [-0.2, 0) is 4.74 Å². The summed E-state index contributed by atoms with van der Waals surface area (Å²) in [5.41, 5.74) is 3.86. The zero-order chi connectivity index (χ0) is 16.9. The van der Waals surface area contributed by atoms with Crippen LogP contribution in [0, 0.1) is 11.3 Å². The van der Waals surface area contributed by atoms with Crippen LogP contribution >= 0.6 is 0 Å². The van der Waals surface area contributed by atoms with E-state index in [0.29, 0.717) is 29.2 Å². The summed E-state index contributed by atoms with van der Waals surface area (Å²) in [4.78, 5) is 4.46. The average Bonchev–Trinajstić information content (AvgIpc) is 3.02. The maximum Gasteiger partial charge on any atom is 0.227 e. The minimum Gasteiger partial charge on any atom is -0.436 e. The van der Waals surface area contributed by atoms with E-state index in [4.69, 9.17) is 14.4 Å². The Hall–Kier alpha value is -2.84. The van der Waals surface area contributed by atoms with Crippen molar-refractivity contribution in [2.24, 2.45) is 0 Å². The molecule has 122 valence electrons. The Labute approximate surface area is 140 Å². The molecule has 0 aliphatic rings. The van der Waals surface area contributed by atoms with Gasteiger partial charge in [-0.15, -0.1) is 0 Å².